The van der Waals surface area contributed by atoms with Crippen LogP contribution in [0.2, 0.25) is 0 Å². The molecule has 0 aromatic heterocycles. The first-order chi connectivity index (χ1) is 4.48. The van der Waals surface area contributed by atoms with Crippen LogP contribution in [0.15, 0.2) is 0 Å². The summed E-state index contributed by atoms with van der Waals surface area (Å²) in [6.45, 7) is 4.88. The lowest BCUT2D eigenvalue weighted by molar-refractivity contribution is -0.148. The first kappa shape index (κ1) is 9.43. The summed E-state index contributed by atoms with van der Waals surface area (Å²) in [5.74, 6) is -0.353. The van der Waals surface area contributed by atoms with Crippen molar-refractivity contribution in [2.75, 3.05) is 6.61 Å². The first-order valence-electron chi connectivity index (χ1n) is 3.33. The van der Waals surface area contributed by atoms with Crippen LogP contribution in [0, 0.1) is 0 Å². The minimum Gasteiger partial charge on any atom is -0.463 e. The average molecular weight is 146 g/mol. The Morgan fingerprint density at radius 2 is 2.20 bits per heavy atom. The molecule has 0 aromatic carbocycles. The molecule has 0 saturated carbocycles. The highest BCUT2D eigenvalue weighted by atomic mass is 16.5. The van der Waals surface area contributed by atoms with Gasteiger partial charge >= 0.3 is 5.97 Å². The zero-order chi connectivity index (χ0) is 8.20. The Labute approximate surface area is 61.0 Å². The molecule has 0 rings (SSSR count). The molecule has 3 nitrogen and oxygen atoms in total. The van der Waals surface area contributed by atoms with Gasteiger partial charge in [0.1, 0.15) is 6.61 Å². The normalized spacial score (nSPS) is 16.0. The molecule has 10 heavy (non-hydrogen) atoms. The molecule has 1 N–H and O–H groups in total. The van der Waals surface area contributed by atoms with Gasteiger partial charge in [0.15, 0.2) is 0 Å². The fourth-order valence-corrected chi connectivity index (χ4v) is 0.359. The van der Waals surface area contributed by atoms with Gasteiger partial charge in [0, 0.05) is 6.92 Å². The zero-order valence-corrected chi connectivity index (χ0v) is 6.68. The highest BCUT2D eigenvalue weighted by molar-refractivity contribution is 5.65. The summed E-state index contributed by atoms with van der Waals surface area (Å²) in [6.07, 6.45) is 0.584. The van der Waals surface area contributed by atoms with Gasteiger partial charge in [0.25, 0.3) is 0 Å². The van der Waals surface area contributed by atoms with Gasteiger partial charge in [0.05, 0.1) is 5.60 Å². The van der Waals surface area contributed by atoms with E-state index in [2.05, 4.69) is 4.74 Å². The van der Waals surface area contributed by atoms with Gasteiger partial charge in [-0.2, -0.15) is 0 Å². The Kier molecular flexibility index (Phi) is 3.36. The lowest BCUT2D eigenvalue weighted by atomic mass is 10.1. The molecule has 0 aromatic rings. The van der Waals surface area contributed by atoms with Crippen molar-refractivity contribution in [2.24, 2.45) is 0 Å². The van der Waals surface area contributed by atoms with E-state index in [0.717, 1.165) is 0 Å². The number of aliphatic hydroxyl groups is 1. The number of rotatable bonds is 3. The first-order valence-corrected chi connectivity index (χ1v) is 3.33. The van der Waals surface area contributed by atoms with Gasteiger partial charge in [-0.3, -0.25) is 4.79 Å². The number of hydrogen-bond donors (Lipinski definition) is 1. The van der Waals surface area contributed by atoms with Crippen molar-refractivity contribution in [3.8, 4) is 0 Å². The van der Waals surface area contributed by atoms with Crippen LogP contribution in [0.1, 0.15) is 27.2 Å². The molecule has 0 heterocycles. The highest BCUT2D eigenvalue weighted by Crippen LogP contribution is 2.07. The molecule has 3 heteroatoms. The number of carbonyl (C=O) groups is 1. The number of hydrogen-bond acceptors (Lipinski definition) is 3. The van der Waals surface area contributed by atoms with E-state index >= 15 is 0 Å². The van der Waals surface area contributed by atoms with Crippen molar-refractivity contribution in [2.45, 2.75) is 32.8 Å². The van der Waals surface area contributed by atoms with Crippen molar-refractivity contribution in [3.63, 3.8) is 0 Å². The summed E-state index contributed by atoms with van der Waals surface area (Å²) in [7, 11) is 0. The summed E-state index contributed by atoms with van der Waals surface area (Å²) in [6, 6.07) is 0. The second-order valence-electron chi connectivity index (χ2n) is 2.63. The maximum atomic E-state index is 10.3. The van der Waals surface area contributed by atoms with Crippen LogP contribution in [0.25, 0.3) is 0 Å². The van der Waals surface area contributed by atoms with E-state index in [1.807, 2.05) is 6.92 Å². The molecule has 0 aliphatic rings. The van der Waals surface area contributed by atoms with Crippen LogP contribution in [-0.4, -0.2) is 23.3 Å². The molecule has 0 spiro atoms. The lowest BCUT2D eigenvalue weighted by Crippen LogP contribution is -2.30. The molecule has 60 valence electrons. The van der Waals surface area contributed by atoms with Gasteiger partial charge in [-0.1, -0.05) is 6.92 Å². The maximum Gasteiger partial charge on any atom is 0.302 e. The van der Waals surface area contributed by atoms with Crippen LogP contribution in [0.5, 0.6) is 0 Å². The Balaban J connectivity index is 3.56. The van der Waals surface area contributed by atoms with Crippen LogP contribution >= 0.6 is 0 Å². The molecule has 0 bridgehead atoms. The third-order valence-electron chi connectivity index (χ3n) is 1.35. The summed E-state index contributed by atoms with van der Waals surface area (Å²) in [5.41, 5.74) is -0.869. The van der Waals surface area contributed by atoms with E-state index in [1.165, 1.54) is 6.92 Å². The topological polar surface area (TPSA) is 46.5 Å². The Bertz CT molecular complexity index is 118. The van der Waals surface area contributed by atoms with Crippen molar-refractivity contribution in [1.82, 2.24) is 0 Å². The lowest BCUT2D eigenvalue weighted by Gasteiger charge is -2.19. The quantitative estimate of drug-likeness (QED) is 0.596. The fraction of sp³-hybridized carbons (Fsp3) is 0.857. The van der Waals surface area contributed by atoms with Gasteiger partial charge in [-0.25, -0.2) is 0 Å². The molecular weight excluding hydrogens is 132 g/mol. The second kappa shape index (κ2) is 3.56. The van der Waals surface area contributed by atoms with E-state index in [0.29, 0.717) is 6.42 Å². The Morgan fingerprint density at radius 3 is 2.50 bits per heavy atom. The molecule has 0 aliphatic heterocycles. The molecule has 1 unspecified atom stereocenters. The summed E-state index contributed by atoms with van der Waals surface area (Å²) >= 11 is 0. The number of esters is 1. The third-order valence-corrected chi connectivity index (χ3v) is 1.35. The SMILES string of the molecule is CCC(C)(O)COC(C)=O. The molecule has 0 fully saturated rings. The fourth-order valence-electron chi connectivity index (χ4n) is 0.359. The monoisotopic (exact) mass is 146 g/mol. The summed E-state index contributed by atoms with van der Waals surface area (Å²) < 4.78 is 4.61. The van der Waals surface area contributed by atoms with Crippen molar-refractivity contribution < 1.29 is 14.6 Å². The standard InChI is InChI=1S/C7H14O3/c1-4-7(3,9)5-10-6(2)8/h9H,4-5H2,1-3H3. The van der Waals surface area contributed by atoms with Crippen molar-refractivity contribution >= 4 is 5.97 Å². The number of carbonyl (C=O) groups excluding carboxylic acids is 1. The Morgan fingerprint density at radius 1 is 1.70 bits per heavy atom. The summed E-state index contributed by atoms with van der Waals surface area (Å²) in [5, 5.41) is 9.29. The molecule has 1 atom stereocenters. The van der Waals surface area contributed by atoms with E-state index < -0.39 is 5.60 Å². The predicted octanol–water partition coefficient (Wildman–Crippen LogP) is 0.710. The summed E-state index contributed by atoms with van der Waals surface area (Å²) in [4.78, 5) is 10.3. The van der Waals surface area contributed by atoms with Crippen molar-refractivity contribution in [1.29, 1.82) is 0 Å². The molecule has 0 saturated heterocycles. The predicted molar refractivity (Wildman–Crippen MR) is 37.5 cm³/mol. The van der Waals surface area contributed by atoms with Gasteiger partial charge in [-0.15, -0.1) is 0 Å². The van der Waals surface area contributed by atoms with Gasteiger partial charge in [0.2, 0.25) is 0 Å². The Hall–Kier alpha value is -0.570. The molecule has 0 amide bonds. The van der Waals surface area contributed by atoms with E-state index in [1.54, 1.807) is 6.92 Å². The largest absolute Gasteiger partial charge is 0.463 e. The minimum atomic E-state index is -0.869. The average Bonchev–Trinajstić information content (AvgIpc) is 1.85. The maximum absolute atomic E-state index is 10.3. The molecule has 0 radical (unpaired) electrons. The number of ether oxygens (including phenoxy) is 1. The van der Waals surface area contributed by atoms with Crippen LogP contribution in [0.3, 0.4) is 0 Å². The van der Waals surface area contributed by atoms with Gasteiger partial charge < -0.3 is 9.84 Å². The molecule has 0 aliphatic carbocycles. The minimum absolute atomic E-state index is 0.0822. The third kappa shape index (κ3) is 4.32. The van der Waals surface area contributed by atoms with Crippen LogP contribution < -0.4 is 0 Å². The van der Waals surface area contributed by atoms with E-state index in [4.69, 9.17) is 0 Å². The van der Waals surface area contributed by atoms with Gasteiger partial charge in [-0.05, 0) is 13.3 Å². The van der Waals surface area contributed by atoms with Crippen LogP contribution in [-0.2, 0) is 9.53 Å². The van der Waals surface area contributed by atoms with E-state index in [-0.39, 0.29) is 12.6 Å². The zero-order valence-electron chi connectivity index (χ0n) is 6.68. The smallest absolute Gasteiger partial charge is 0.302 e. The molecular formula is C7H14O3. The van der Waals surface area contributed by atoms with Crippen molar-refractivity contribution in [3.05, 3.63) is 0 Å². The van der Waals surface area contributed by atoms with Crippen LogP contribution in [0.4, 0.5) is 0 Å². The highest BCUT2D eigenvalue weighted by Gasteiger charge is 2.18. The second-order valence-corrected chi connectivity index (χ2v) is 2.63. The van der Waals surface area contributed by atoms with E-state index in [9.17, 15) is 9.90 Å².